The summed E-state index contributed by atoms with van der Waals surface area (Å²) in [6, 6.07) is 13.5. The van der Waals surface area contributed by atoms with Crippen LogP contribution in [-0.2, 0) is 16.1 Å². The third kappa shape index (κ3) is 5.98. The molecular weight excluding hydrogens is 484 g/mol. The van der Waals surface area contributed by atoms with Gasteiger partial charge in [0.1, 0.15) is 11.6 Å². The number of benzene rings is 2. The fourth-order valence-electron chi connectivity index (χ4n) is 5.09. The molecule has 1 saturated carbocycles. The molecule has 0 spiro atoms. The number of nitrogens with one attached hydrogen (secondary N) is 1. The van der Waals surface area contributed by atoms with E-state index in [0.29, 0.717) is 28.2 Å². The predicted octanol–water partition coefficient (Wildman–Crippen LogP) is 4.97. The SMILES string of the molecule is CCOC(=O)CCn1c(C(C)N(C(=O)NC2CCCCC2)c2ccccc2OC)nc2ccccc2c1=O. The average Bonchev–Trinajstić information content (AvgIpc) is 2.93. The molecule has 1 N–H and O–H groups in total. The Bertz CT molecular complexity index is 1330. The van der Waals surface area contributed by atoms with Crippen LogP contribution in [0, 0.1) is 0 Å². The van der Waals surface area contributed by atoms with Gasteiger partial charge in [-0.05, 0) is 51.0 Å². The van der Waals surface area contributed by atoms with Gasteiger partial charge in [-0.1, -0.05) is 43.5 Å². The number of carbonyl (C=O) groups is 2. The van der Waals surface area contributed by atoms with Gasteiger partial charge in [0.15, 0.2) is 0 Å². The maximum Gasteiger partial charge on any atom is 0.322 e. The molecule has 202 valence electrons. The molecule has 0 bridgehead atoms. The molecular formula is C29H36N4O5. The van der Waals surface area contributed by atoms with Crippen molar-refractivity contribution in [1.82, 2.24) is 14.9 Å². The summed E-state index contributed by atoms with van der Waals surface area (Å²) >= 11 is 0. The minimum atomic E-state index is -0.658. The number of para-hydroxylation sites is 3. The van der Waals surface area contributed by atoms with Crippen LogP contribution in [0.4, 0.5) is 10.5 Å². The van der Waals surface area contributed by atoms with Crippen molar-refractivity contribution in [1.29, 1.82) is 0 Å². The van der Waals surface area contributed by atoms with E-state index >= 15 is 0 Å². The smallest absolute Gasteiger partial charge is 0.322 e. The van der Waals surface area contributed by atoms with Gasteiger partial charge < -0.3 is 14.8 Å². The van der Waals surface area contributed by atoms with Crippen LogP contribution in [-0.4, -0.2) is 41.3 Å². The molecule has 9 heteroatoms. The third-order valence-electron chi connectivity index (χ3n) is 6.99. The number of fused-ring (bicyclic) bond motifs is 1. The van der Waals surface area contributed by atoms with Gasteiger partial charge in [0.2, 0.25) is 0 Å². The van der Waals surface area contributed by atoms with Crippen molar-refractivity contribution in [3.63, 3.8) is 0 Å². The molecule has 1 fully saturated rings. The Morgan fingerprint density at radius 2 is 1.82 bits per heavy atom. The second-order valence-electron chi connectivity index (χ2n) is 9.50. The predicted molar refractivity (Wildman–Crippen MR) is 147 cm³/mol. The Kier molecular flexibility index (Phi) is 8.99. The largest absolute Gasteiger partial charge is 0.495 e. The van der Waals surface area contributed by atoms with Gasteiger partial charge in [-0.15, -0.1) is 0 Å². The van der Waals surface area contributed by atoms with E-state index < -0.39 is 12.0 Å². The van der Waals surface area contributed by atoms with E-state index in [-0.39, 0.29) is 37.2 Å². The minimum Gasteiger partial charge on any atom is -0.495 e. The molecule has 0 aliphatic heterocycles. The first-order valence-electron chi connectivity index (χ1n) is 13.3. The van der Waals surface area contributed by atoms with Gasteiger partial charge in [0.25, 0.3) is 5.56 Å². The Morgan fingerprint density at radius 1 is 1.11 bits per heavy atom. The summed E-state index contributed by atoms with van der Waals surface area (Å²) < 4.78 is 12.2. The third-order valence-corrected chi connectivity index (χ3v) is 6.99. The summed E-state index contributed by atoms with van der Waals surface area (Å²) in [6.45, 7) is 3.92. The fraction of sp³-hybridized carbons (Fsp3) is 0.448. The van der Waals surface area contributed by atoms with Crippen molar-refractivity contribution in [2.24, 2.45) is 0 Å². The second kappa shape index (κ2) is 12.6. The second-order valence-corrected chi connectivity index (χ2v) is 9.50. The molecule has 1 aliphatic carbocycles. The number of methoxy groups -OCH3 is 1. The van der Waals surface area contributed by atoms with Crippen LogP contribution >= 0.6 is 0 Å². The van der Waals surface area contributed by atoms with E-state index in [9.17, 15) is 14.4 Å². The Morgan fingerprint density at radius 3 is 2.55 bits per heavy atom. The molecule has 3 aromatic rings. The molecule has 2 amide bonds. The Labute approximate surface area is 222 Å². The zero-order chi connectivity index (χ0) is 27.1. The van der Waals surface area contributed by atoms with Crippen LogP contribution in [0.25, 0.3) is 10.9 Å². The summed E-state index contributed by atoms with van der Waals surface area (Å²) in [4.78, 5) is 46.1. The molecule has 0 radical (unpaired) electrons. The first-order valence-corrected chi connectivity index (χ1v) is 13.3. The van der Waals surface area contributed by atoms with E-state index in [4.69, 9.17) is 14.5 Å². The van der Waals surface area contributed by atoms with Gasteiger partial charge in [-0.25, -0.2) is 9.78 Å². The van der Waals surface area contributed by atoms with Crippen molar-refractivity contribution in [2.75, 3.05) is 18.6 Å². The van der Waals surface area contributed by atoms with Crippen LogP contribution in [0.5, 0.6) is 5.75 Å². The quantitative estimate of drug-likeness (QED) is 0.400. The lowest BCUT2D eigenvalue weighted by Gasteiger charge is -2.33. The number of carbonyl (C=O) groups excluding carboxylic acids is 2. The molecule has 2 aromatic carbocycles. The van der Waals surface area contributed by atoms with Crippen LogP contribution in [0.3, 0.4) is 0 Å². The van der Waals surface area contributed by atoms with Gasteiger partial charge >= 0.3 is 12.0 Å². The highest BCUT2D eigenvalue weighted by atomic mass is 16.5. The summed E-state index contributed by atoms with van der Waals surface area (Å²) in [5.41, 5.74) is 0.823. The van der Waals surface area contributed by atoms with Crippen molar-refractivity contribution in [3.8, 4) is 5.75 Å². The number of esters is 1. The van der Waals surface area contributed by atoms with Crippen molar-refractivity contribution in [2.45, 2.75) is 71.0 Å². The average molecular weight is 521 g/mol. The lowest BCUT2D eigenvalue weighted by Crippen LogP contribution is -2.48. The molecule has 1 aliphatic rings. The summed E-state index contributed by atoms with van der Waals surface area (Å²) in [5, 5.41) is 3.65. The van der Waals surface area contributed by atoms with E-state index in [1.54, 1.807) is 43.2 Å². The summed E-state index contributed by atoms with van der Waals surface area (Å²) in [6.07, 6.45) is 5.20. The standard InChI is InChI=1S/C29H36N4O5/c1-4-38-26(34)18-19-32-27(31-23-15-9-8-14-22(23)28(32)35)20(2)33(24-16-10-11-17-25(24)37-3)29(36)30-21-12-6-5-7-13-21/h8-11,14-17,20-21H,4-7,12-13,18-19H2,1-3H3,(H,30,36). The number of anilines is 1. The number of rotatable bonds is 9. The Balaban J connectivity index is 1.80. The highest BCUT2D eigenvalue weighted by Gasteiger charge is 2.31. The van der Waals surface area contributed by atoms with Crippen LogP contribution in [0.15, 0.2) is 53.3 Å². The maximum absolute atomic E-state index is 13.9. The highest BCUT2D eigenvalue weighted by molar-refractivity contribution is 5.94. The number of hydrogen-bond donors (Lipinski definition) is 1. The highest BCUT2D eigenvalue weighted by Crippen LogP contribution is 2.34. The number of ether oxygens (including phenoxy) is 2. The molecule has 9 nitrogen and oxygen atoms in total. The Hall–Kier alpha value is -3.88. The first kappa shape index (κ1) is 27.2. The van der Waals surface area contributed by atoms with Gasteiger partial charge in [-0.3, -0.25) is 19.1 Å². The zero-order valence-corrected chi connectivity index (χ0v) is 22.3. The van der Waals surface area contributed by atoms with Gasteiger partial charge in [0.05, 0.1) is 42.8 Å². The maximum atomic E-state index is 13.9. The van der Waals surface area contributed by atoms with Crippen LogP contribution < -0.4 is 20.5 Å². The first-order chi connectivity index (χ1) is 18.4. The molecule has 1 aromatic heterocycles. The topological polar surface area (TPSA) is 103 Å². The number of amides is 2. The van der Waals surface area contributed by atoms with E-state index in [1.165, 1.54) is 11.0 Å². The minimum absolute atomic E-state index is 0.0103. The number of urea groups is 1. The van der Waals surface area contributed by atoms with Crippen molar-refractivity contribution >= 4 is 28.6 Å². The summed E-state index contributed by atoms with van der Waals surface area (Å²) in [7, 11) is 1.56. The summed E-state index contributed by atoms with van der Waals surface area (Å²) in [5.74, 6) is 0.504. The van der Waals surface area contributed by atoms with Gasteiger partial charge in [-0.2, -0.15) is 0 Å². The zero-order valence-electron chi connectivity index (χ0n) is 22.3. The lowest BCUT2D eigenvalue weighted by atomic mass is 9.96. The van der Waals surface area contributed by atoms with Crippen molar-refractivity contribution < 1.29 is 19.1 Å². The molecule has 1 unspecified atom stereocenters. The van der Waals surface area contributed by atoms with Gasteiger partial charge in [0, 0.05) is 12.6 Å². The van der Waals surface area contributed by atoms with E-state index in [1.807, 2.05) is 31.2 Å². The lowest BCUT2D eigenvalue weighted by molar-refractivity contribution is -0.143. The number of hydrogen-bond acceptors (Lipinski definition) is 6. The molecule has 38 heavy (non-hydrogen) atoms. The molecule has 4 rings (SSSR count). The van der Waals surface area contributed by atoms with Crippen molar-refractivity contribution in [3.05, 3.63) is 64.7 Å². The molecule has 1 heterocycles. The monoisotopic (exact) mass is 520 g/mol. The molecule has 0 saturated heterocycles. The van der Waals surface area contributed by atoms with Crippen LogP contribution in [0.2, 0.25) is 0 Å². The van der Waals surface area contributed by atoms with E-state index in [0.717, 1.165) is 25.7 Å². The van der Waals surface area contributed by atoms with E-state index in [2.05, 4.69) is 5.32 Å². The fourth-order valence-corrected chi connectivity index (χ4v) is 5.09. The van der Waals surface area contributed by atoms with Crippen LogP contribution in [0.1, 0.15) is 64.2 Å². The number of aromatic nitrogens is 2. The normalized spacial score (nSPS) is 14.6. The molecule has 1 atom stereocenters. The number of nitrogens with zero attached hydrogens (tertiary/aromatic N) is 3.